The van der Waals surface area contributed by atoms with Gasteiger partial charge in [0.15, 0.2) is 0 Å². The van der Waals surface area contributed by atoms with Crippen molar-refractivity contribution in [2.75, 3.05) is 33.2 Å². The number of amides is 1. The summed E-state index contributed by atoms with van der Waals surface area (Å²) in [6, 6.07) is 0. The molecule has 0 aliphatic heterocycles. The predicted octanol–water partition coefficient (Wildman–Crippen LogP) is 9.18. The summed E-state index contributed by atoms with van der Waals surface area (Å²) in [5.74, 6) is -0.179. The first-order valence-corrected chi connectivity index (χ1v) is 18.3. The van der Waals surface area contributed by atoms with Crippen LogP contribution in [0.25, 0.3) is 0 Å². The van der Waals surface area contributed by atoms with Gasteiger partial charge in [0.1, 0.15) is 12.9 Å². The number of carbonyl (C=O) groups is 2. The van der Waals surface area contributed by atoms with Crippen molar-refractivity contribution in [2.24, 2.45) is 0 Å². The number of ether oxygens (including phenoxy) is 3. The molecule has 1 atom stereocenters. The van der Waals surface area contributed by atoms with Gasteiger partial charge in [-0.2, -0.15) is 0 Å². The van der Waals surface area contributed by atoms with Crippen LogP contribution in [-0.2, 0) is 23.8 Å². The second-order valence-corrected chi connectivity index (χ2v) is 12.4. The molecule has 0 unspecified atom stereocenters. The van der Waals surface area contributed by atoms with E-state index < -0.39 is 6.10 Å². The van der Waals surface area contributed by atoms with Crippen LogP contribution in [0.1, 0.15) is 181 Å². The highest BCUT2D eigenvalue weighted by Gasteiger charge is 2.13. The van der Waals surface area contributed by atoms with E-state index in [0.29, 0.717) is 13.0 Å². The van der Waals surface area contributed by atoms with Gasteiger partial charge < -0.3 is 24.6 Å². The summed E-state index contributed by atoms with van der Waals surface area (Å²) in [7, 11) is 0. The fourth-order valence-electron chi connectivity index (χ4n) is 5.31. The molecule has 0 saturated heterocycles. The number of rotatable bonds is 35. The summed E-state index contributed by atoms with van der Waals surface area (Å²) in [6.07, 6.45) is 31.3. The smallest absolute Gasteiger partial charge is 0.306 e. The van der Waals surface area contributed by atoms with E-state index in [9.17, 15) is 14.7 Å². The first kappa shape index (κ1) is 41.8. The summed E-state index contributed by atoms with van der Waals surface area (Å²) < 4.78 is 16.4. The molecule has 7 nitrogen and oxygen atoms in total. The van der Waals surface area contributed by atoms with Crippen LogP contribution < -0.4 is 5.32 Å². The Kier molecular flexibility index (Phi) is 34.3. The van der Waals surface area contributed by atoms with Crippen LogP contribution in [0, 0.1) is 0 Å². The van der Waals surface area contributed by atoms with Crippen LogP contribution in [0.15, 0.2) is 0 Å². The normalized spacial score (nSPS) is 12.0. The van der Waals surface area contributed by atoms with Crippen LogP contribution in [0.4, 0.5) is 0 Å². The predicted molar refractivity (Wildman–Crippen MR) is 178 cm³/mol. The highest BCUT2D eigenvalue weighted by molar-refractivity contribution is 5.72. The molecule has 0 aromatic rings. The second kappa shape index (κ2) is 35.3. The number of nitrogens with one attached hydrogen (secondary N) is 1. The van der Waals surface area contributed by atoms with Gasteiger partial charge in [-0.1, -0.05) is 148 Å². The standard InChI is InChI=1S/C36H71NO6/c1-3-4-5-6-7-8-9-10-13-16-19-22-25-28-36(40)43-35(31-38)32-42-33-41-30-27-24-21-18-15-12-11-14-17-20-23-26-29-37-34(2)39/h35,38H,3-33H2,1-2H3,(H,37,39)/t35-/m1/s1. The molecule has 0 spiro atoms. The third-order valence-corrected chi connectivity index (χ3v) is 8.05. The van der Waals surface area contributed by atoms with E-state index in [1.165, 1.54) is 135 Å². The Morgan fingerprint density at radius 2 is 1.05 bits per heavy atom. The number of carbonyl (C=O) groups excluding carboxylic acids is 2. The zero-order valence-corrected chi connectivity index (χ0v) is 28.5. The summed E-state index contributed by atoms with van der Waals surface area (Å²) in [6.45, 7) is 5.42. The molecule has 7 heteroatoms. The fraction of sp³-hybridized carbons (Fsp3) is 0.944. The van der Waals surface area contributed by atoms with Gasteiger partial charge in [0.05, 0.1) is 13.2 Å². The molecular weight excluding hydrogens is 542 g/mol. The molecule has 1 amide bonds. The topological polar surface area (TPSA) is 94.1 Å². The van der Waals surface area contributed by atoms with E-state index in [0.717, 1.165) is 32.2 Å². The lowest BCUT2D eigenvalue weighted by Gasteiger charge is -2.16. The van der Waals surface area contributed by atoms with Crippen LogP contribution in [-0.4, -0.2) is 56.2 Å². The molecule has 0 heterocycles. The van der Waals surface area contributed by atoms with E-state index >= 15 is 0 Å². The number of unbranched alkanes of at least 4 members (excludes halogenated alkanes) is 23. The average molecular weight is 614 g/mol. The summed E-state index contributed by atoms with van der Waals surface area (Å²) in [4.78, 5) is 22.9. The van der Waals surface area contributed by atoms with E-state index in [2.05, 4.69) is 12.2 Å². The Hall–Kier alpha value is -1.18. The zero-order valence-electron chi connectivity index (χ0n) is 28.5. The molecule has 43 heavy (non-hydrogen) atoms. The van der Waals surface area contributed by atoms with Gasteiger partial charge in [0.25, 0.3) is 0 Å². The molecule has 256 valence electrons. The number of hydrogen-bond acceptors (Lipinski definition) is 6. The fourth-order valence-corrected chi connectivity index (χ4v) is 5.31. The van der Waals surface area contributed by atoms with Crippen LogP contribution in [0.3, 0.4) is 0 Å². The van der Waals surface area contributed by atoms with Gasteiger partial charge >= 0.3 is 5.97 Å². The van der Waals surface area contributed by atoms with Crippen molar-refractivity contribution < 1.29 is 28.9 Å². The quantitative estimate of drug-likeness (QED) is 0.0420. The zero-order chi connectivity index (χ0) is 31.5. The number of hydrogen-bond donors (Lipinski definition) is 2. The van der Waals surface area contributed by atoms with Crippen molar-refractivity contribution >= 4 is 11.9 Å². The highest BCUT2D eigenvalue weighted by atomic mass is 16.7. The van der Waals surface area contributed by atoms with Gasteiger partial charge in [0.2, 0.25) is 5.91 Å². The van der Waals surface area contributed by atoms with E-state index in [1.54, 1.807) is 6.92 Å². The monoisotopic (exact) mass is 614 g/mol. The lowest BCUT2D eigenvalue weighted by atomic mass is 10.0. The largest absolute Gasteiger partial charge is 0.457 e. The number of esters is 1. The molecule has 0 radical (unpaired) electrons. The third-order valence-electron chi connectivity index (χ3n) is 8.05. The number of aliphatic hydroxyl groups is 1. The highest BCUT2D eigenvalue weighted by Crippen LogP contribution is 2.14. The van der Waals surface area contributed by atoms with Crippen LogP contribution >= 0.6 is 0 Å². The summed E-state index contributed by atoms with van der Waals surface area (Å²) in [5, 5.41) is 12.4. The Bertz CT molecular complexity index is 588. The summed E-state index contributed by atoms with van der Waals surface area (Å²) >= 11 is 0. The molecule has 0 aromatic carbocycles. The maximum atomic E-state index is 12.1. The molecule has 0 aliphatic carbocycles. The van der Waals surface area contributed by atoms with Crippen molar-refractivity contribution in [2.45, 2.75) is 187 Å². The van der Waals surface area contributed by atoms with Gasteiger partial charge in [-0.15, -0.1) is 0 Å². The third kappa shape index (κ3) is 35.2. The van der Waals surface area contributed by atoms with Gasteiger partial charge in [0, 0.05) is 26.5 Å². The Morgan fingerprint density at radius 3 is 1.51 bits per heavy atom. The molecule has 0 saturated carbocycles. The van der Waals surface area contributed by atoms with Crippen molar-refractivity contribution in [3.63, 3.8) is 0 Å². The molecule has 0 bridgehead atoms. The maximum absolute atomic E-state index is 12.1. The molecular formula is C36H71NO6. The molecule has 0 aromatic heterocycles. The first-order valence-electron chi connectivity index (χ1n) is 18.3. The van der Waals surface area contributed by atoms with Gasteiger partial charge in [-0.3, -0.25) is 9.59 Å². The molecule has 0 rings (SSSR count). The Labute approximate surface area is 266 Å². The molecule has 2 N–H and O–H groups in total. The van der Waals surface area contributed by atoms with Gasteiger partial charge in [-0.05, 0) is 19.3 Å². The molecule has 0 fully saturated rings. The van der Waals surface area contributed by atoms with E-state index in [4.69, 9.17) is 14.2 Å². The SMILES string of the molecule is CCCCCCCCCCCCCCCC(=O)O[C@H](CO)COCOCCCCCCCCCCCCCCNC(C)=O. The van der Waals surface area contributed by atoms with Crippen molar-refractivity contribution in [1.82, 2.24) is 5.32 Å². The maximum Gasteiger partial charge on any atom is 0.306 e. The Morgan fingerprint density at radius 1 is 0.605 bits per heavy atom. The van der Waals surface area contributed by atoms with Crippen molar-refractivity contribution in [1.29, 1.82) is 0 Å². The minimum absolute atomic E-state index is 0.0692. The second-order valence-electron chi connectivity index (χ2n) is 12.4. The lowest BCUT2D eigenvalue weighted by molar-refractivity contribution is -0.159. The average Bonchev–Trinajstić information content (AvgIpc) is 2.99. The lowest BCUT2D eigenvalue weighted by Crippen LogP contribution is -2.27. The van der Waals surface area contributed by atoms with E-state index in [-0.39, 0.29) is 31.9 Å². The minimum atomic E-state index is -0.617. The van der Waals surface area contributed by atoms with Gasteiger partial charge in [-0.25, -0.2) is 0 Å². The van der Waals surface area contributed by atoms with Crippen molar-refractivity contribution in [3.8, 4) is 0 Å². The van der Waals surface area contributed by atoms with Crippen LogP contribution in [0.5, 0.6) is 0 Å². The first-order chi connectivity index (χ1) is 21.1. The summed E-state index contributed by atoms with van der Waals surface area (Å²) in [5.41, 5.74) is 0. The number of aliphatic hydroxyl groups excluding tert-OH is 1. The minimum Gasteiger partial charge on any atom is -0.457 e. The Balaban J connectivity index is 3.37. The van der Waals surface area contributed by atoms with E-state index in [1.807, 2.05) is 0 Å². The molecule has 0 aliphatic rings. The van der Waals surface area contributed by atoms with Crippen molar-refractivity contribution in [3.05, 3.63) is 0 Å². The van der Waals surface area contributed by atoms with Crippen LogP contribution in [0.2, 0.25) is 0 Å².